The van der Waals surface area contributed by atoms with Crippen LogP contribution < -0.4 is 0 Å². The highest BCUT2D eigenvalue weighted by Crippen LogP contribution is 2.40. The van der Waals surface area contributed by atoms with Crippen LogP contribution in [0.1, 0.15) is 0 Å². The van der Waals surface area contributed by atoms with Crippen molar-refractivity contribution in [2.45, 2.75) is 0 Å². The van der Waals surface area contributed by atoms with Crippen molar-refractivity contribution in [2.75, 3.05) is 0 Å². The number of rotatable bonds is 5. The van der Waals surface area contributed by atoms with Crippen LogP contribution in [0.15, 0.2) is 206 Å². The van der Waals surface area contributed by atoms with E-state index in [1.807, 2.05) is 18.2 Å². The van der Waals surface area contributed by atoms with Crippen LogP contribution in [-0.2, 0) is 0 Å². The Hall–Kier alpha value is -7.82. The molecule has 58 heavy (non-hydrogen) atoms. The third-order valence-corrected chi connectivity index (χ3v) is 11.7. The number of para-hydroxylation sites is 3. The van der Waals surface area contributed by atoms with Gasteiger partial charge in [0, 0.05) is 49.4 Å². The van der Waals surface area contributed by atoms with Crippen molar-refractivity contribution in [3.63, 3.8) is 0 Å². The summed E-state index contributed by atoms with van der Waals surface area (Å²) >= 11 is 0. The van der Waals surface area contributed by atoms with Gasteiger partial charge >= 0.3 is 0 Å². The minimum Gasteiger partial charge on any atom is -0.309 e. The monoisotopic (exact) mass is 738 g/mol. The molecule has 3 heterocycles. The first kappa shape index (κ1) is 32.4. The Labute approximate surface area is 334 Å². The first-order valence-electron chi connectivity index (χ1n) is 19.7. The first-order chi connectivity index (χ1) is 28.8. The van der Waals surface area contributed by atoms with Crippen molar-refractivity contribution < 1.29 is 0 Å². The van der Waals surface area contributed by atoms with Crippen molar-refractivity contribution in [3.8, 4) is 45.1 Å². The average Bonchev–Trinajstić information content (AvgIpc) is 3.81. The van der Waals surface area contributed by atoms with Gasteiger partial charge in [-0.15, -0.1) is 0 Å². The summed E-state index contributed by atoms with van der Waals surface area (Å²) in [7, 11) is 0. The fourth-order valence-corrected chi connectivity index (χ4v) is 9.06. The number of hydrogen-bond donors (Lipinski definition) is 0. The topological polar surface area (TPSA) is 35.6 Å². The van der Waals surface area contributed by atoms with E-state index in [9.17, 15) is 0 Å². The molecular formula is C54H34N4. The maximum Gasteiger partial charge on any atom is 0.160 e. The van der Waals surface area contributed by atoms with Gasteiger partial charge < -0.3 is 9.13 Å². The predicted octanol–water partition coefficient (Wildman–Crippen LogP) is 14.0. The zero-order valence-corrected chi connectivity index (χ0v) is 31.4. The molecule has 12 aromatic rings. The Bertz CT molecular complexity index is 3560. The number of nitrogens with zero attached hydrogens (tertiary/aromatic N) is 4. The smallest absolute Gasteiger partial charge is 0.160 e. The molecule has 9 aromatic carbocycles. The molecule has 0 amide bonds. The lowest BCUT2D eigenvalue weighted by molar-refractivity contribution is 1.18. The van der Waals surface area contributed by atoms with Gasteiger partial charge in [-0.05, 0) is 88.6 Å². The summed E-state index contributed by atoms with van der Waals surface area (Å²) in [5, 5.41) is 8.31. The normalized spacial score (nSPS) is 11.8. The molecule has 0 spiro atoms. The van der Waals surface area contributed by atoms with Gasteiger partial charge in [0.2, 0.25) is 0 Å². The van der Waals surface area contributed by atoms with Gasteiger partial charge in [0.15, 0.2) is 5.82 Å². The minimum atomic E-state index is 0.719. The summed E-state index contributed by atoms with van der Waals surface area (Å²) in [5.74, 6) is 0.719. The van der Waals surface area contributed by atoms with E-state index in [1.54, 1.807) is 0 Å². The van der Waals surface area contributed by atoms with E-state index in [-0.39, 0.29) is 0 Å². The number of aromatic nitrogens is 4. The molecule has 0 radical (unpaired) electrons. The second-order valence-corrected chi connectivity index (χ2v) is 15.0. The van der Waals surface area contributed by atoms with E-state index in [1.165, 1.54) is 49.1 Å². The van der Waals surface area contributed by atoms with Crippen molar-refractivity contribution in [3.05, 3.63) is 206 Å². The quantitative estimate of drug-likeness (QED) is 0.165. The van der Waals surface area contributed by atoms with Gasteiger partial charge in [-0.2, -0.15) is 0 Å². The van der Waals surface area contributed by atoms with E-state index in [2.05, 4.69) is 197 Å². The molecular weight excluding hydrogens is 705 g/mol. The highest BCUT2D eigenvalue weighted by atomic mass is 15.0. The van der Waals surface area contributed by atoms with Crippen LogP contribution >= 0.6 is 0 Å². The number of benzene rings is 9. The summed E-state index contributed by atoms with van der Waals surface area (Å²) in [5.41, 5.74) is 13.3. The van der Waals surface area contributed by atoms with Gasteiger partial charge in [0.05, 0.1) is 33.3 Å². The molecule has 0 aliphatic rings. The van der Waals surface area contributed by atoms with Crippen LogP contribution in [0.4, 0.5) is 0 Å². The van der Waals surface area contributed by atoms with Crippen LogP contribution in [0.3, 0.4) is 0 Å². The molecule has 0 atom stereocenters. The Morgan fingerprint density at radius 3 is 1.53 bits per heavy atom. The maximum absolute atomic E-state index is 5.32. The first-order valence-corrected chi connectivity index (χ1v) is 19.7. The molecule has 0 saturated heterocycles. The van der Waals surface area contributed by atoms with Crippen LogP contribution in [0, 0.1) is 0 Å². The van der Waals surface area contributed by atoms with Crippen LogP contribution in [0.25, 0.3) is 110 Å². The molecule has 0 unspecified atom stereocenters. The third-order valence-electron chi connectivity index (χ3n) is 11.7. The lowest BCUT2D eigenvalue weighted by Gasteiger charge is -2.14. The Kier molecular flexibility index (Phi) is 7.20. The molecule has 0 aliphatic carbocycles. The molecule has 0 saturated carbocycles. The van der Waals surface area contributed by atoms with Crippen LogP contribution in [-0.4, -0.2) is 19.1 Å². The maximum atomic E-state index is 5.32. The molecule has 0 bridgehead atoms. The molecule has 4 nitrogen and oxygen atoms in total. The lowest BCUT2D eigenvalue weighted by atomic mass is 9.99. The van der Waals surface area contributed by atoms with E-state index < -0.39 is 0 Å². The van der Waals surface area contributed by atoms with E-state index in [0.717, 1.165) is 61.3 Å². The standard InChI is InChI=1S/C54H34N4/c1-3-15-36(16-4-1)54-55-47-29-26-35-14-7-8-21-42(35)52(47)53(56-54)39-17-13-20-41(32-39)58-49-25-12-10-23-44(49)46-34-38(28-31-51(46)58)37-27-30-50-45(33-37)43-22-9-11-24-48(43)57(50)40-18-5-2-6-19-40/h1-34H. The van der Waals surface area contributed by atoms with E-state index in [0.29, 0.717) is 0 Å². The molecule has 4 heteroatoms. The summed E-state index contributed by atoms with van der Waals surface area (Å²) in [6, 6.07) is 73.9. The minimum absolute atomic E-state index is 0.719. The fraction of sp³-hybridized carbons (Fsp3) is 0. The number of hydrogen-bond acceptors (Lipinski definition) is 2. The lowest BCUT2D eigenvalue weighted by Crippen LogP contribution is -1.98. The highest BCUT2D eigenvalue weighted by molar-refractivity contribution is 6.14. The zero-order chi connectivity index (χ0) is 38.2. The van der Waals surface area contributed by atoms with Crippen LogP contribution in [0.5, 0.6) is 0 Å². The fourth-order valence-electron chi connectivity index (χ4n) is 9.06. The predicted molar refractivity (Wildman–Crippen MR) is 242 cm³/mol. The largest absolute Gasteiger partial charge is 0.309 e. The molecule has 3 aromatic heterocycles. The zero-order valence-electron chi connectivity index (χ0n) is 31.4. The second kappa shape index (κ2) is 12.9. The average molecular weight is 739 g/mol. The molecule has 0 aliphatic heterocycles. The van der Waals surface area contributed by atoms with Crippen LogP contribution in [0.2, 0.25) is 0 Å². The van der Waals surface area contributed by atoms with E-state index >= 15 is 0 Å². The summed E-state index contributed by atoms with van der Waals surface area (Å²) in [4.78, 5) is 10.4. The van der Waals surface area contributed by atoms with E-state index in [4.69, 9.17) is 9.97 Å². The highest BCUT2D eigenvalue weighted by Gasteiger charge is 2.18. The summed E-state index contributed by atoms with van der Waals surface area (Å²) < 4.78 is 4.77. The van der Waals surface area contributed by atoms with Gasteiger partial charge in [0.1, 0.15) is 0 Å². The SMILES string of the molecule is c1ccc(-c2nc(-c3cccc(-n4c5ccccc5c5cc(-c6ccc7c(c6)c6ccccc6n7-c6ccccc6)ccc54)c3)c3c(ccc4ccccc43)n2)cc1. The third kappa shape index (κ3) is 5.02. The van der Waals surface area contributed by atoms with Gasteiger partial charge in [-0.1, -0.05) is 140 Å². The Morgan fingerprint density at radius 2 is 0.845 bits per heavy atom. The molecule has 0 fully saturated rings. The van der Waals surface area contributed by atoms with Gasteiger partial charge in [-0.3, -0.25) is 0 Å². The molecule has 0 N–H and O–H groups in total. The Morgan fingerprint density at radius 1 is 0.310 bits per heavy atom. The van der Waals surface area contributed by atoms with Crippen molar-refractivity contribution >= 4 is 65.3 Å². The van der Waals surface area contributed by atoms with Crippen molar-refractivity contribution in [1.82, 2.24) is 19.1 Å². The summed E-state index contributed by atoms with van der Waals surface area (Å²) in [6.07, 6.45) is 0. The van der Waals surface area contributed by atoms with Gasteiger partial charge in [0.25, 0.3) is 0 Å². The van der Waals surface area contributed by atoms with Crippen molar-refractivity contribution in [2.24, 2.45) is 0 Å². The number of fused-ring (bicyclic) bond motifs is 9. The molecule has 12 rings (SSSR count). The summed E-state index contributed by atoms with van der Waals surface area (Å²) in [6.45, 7) is 0. The van der Waals surface area contributed by atoms with Gasteiger partial charge in [-0.25, -0.2) is 9.97 Å². The van der Waals surface area contributed by atoms with Crippen molar-refractivity contribution in [1.29, 1.82) is 0 Å². The molecule has 270 valence electrons. The second-order valence-electron chi connectivity index (χ2n) is 15.0. The Balaban J connectivity index is 1.03.